The zero-order valence-corrected chi connectivity index (χ0v) is 9.44. The van der Waals surface area contributed by atoms with Gasteiger partial charge in [0.15, 0.2) is 5.82 Å². The highest BCUT2D eigenvalue weighted by Gasteiger charge is 2.03. The van der Waals surface area contributed by atoms with E-state index in [0.29, 0.717) is 11.6 Å². The first-order valence-corrected chi connectivity index (χ1v) is 5.24. The van der Waals surface area contributed by atoms with Crippen molar-refractivity contribution >= 4 is 0 Å². The molecule has 2 aromatic rings. The summed E-state index contributed by atoms with van der Waals surface area (Å²) in [5, 5.41) is 15.2. The molecule has 1 aromatic carbocycles. The smallest absolute Gasteiger partial charge is 0.181 e. The van der Waals surface area contributed by atoms with E-state index in [1.807, 2.05) is 50.2 Å². The van der Waals surface area contributed by atoms with E-state index in [4.69, 9.17) is 5.26 Å². The minimum Gasteiger partial charge on any atom is -0.262 e. The molecule has 0 radical (unpaired) electrons. The van der Waals surface area contributed by atoms with Crippen molar-refractivity contribution in [1.29, 1.82) is 5.26 Å². The lowest BCUT2D eigenvalue weighted by atomic mass is 10.2. The quantitative estimate of drug-likeness (QED) is 0.835. The molecule has 82 valence electrons. The van der Waals surface area contributed by atoms with Gasteiger partial charge in [-0.05, 0) is 0 Å². The topological polar surface area (TPSA) is 65.4 Å². The van der Waals surface area contributed by atoms with Crippen LogP contribution in [-0.2, 0) is 6.42 Å². The number of H-pyrrole nitrogens is 1. The van der Waals surface area contributed by atoms with Crippen molar-refractivity contribution in [3.63, 3.8) is 0 Å². The Labute approximate surface area is 95.0 Å². The van der Waals surface area contributed by atoms with Crippen LogP contribution >= 0.6 is 0 Å². The Morgan fingerprint density at radius 2 is 1.94 bits per heavy atom. The molecule has 0 spiro atoms. The van der Waals surface area contributed by atoms with E-state index in [0.717, 1.165) is 5.56 Å². The first-order chi connectivity index (χ1) is 7.90. The van der Waals surface area contributed by atoms with Crippen LogP contribution in [0.15, 0.2) is 30.3 Å². The third-order valence-corrected chi connectivity index (χ3v) is 1.81. The number of benzene rings is 1. The summed E-state index contributed by atoms with van der Waals surface area (Å²) < 4.78 is 0. The second-order valence-corrected chi connectivity index (χ2v) is 2.81. The van der Waals surface area contributed by atoms with Crippen LogP contribution in [0.25, 0.3) is 11.4 Å². The molecule has 0 atom stereocenters. The lowest BCUT2D eigenvalue weighted by molar-refractivity contribution is 0.996. The largest absolute Gasteiger partial charge is 0.262 e. The second kappa shape index (κ2) is 6.36. The molecule has 0 saturated heterocycles. The maximum absolute atomic E-state index is 8.46. The number of nitrogens with one attached hydrogen (secondary N) is 1. The fraction of sp³-hybridized carbons (Fsp3) is 0.250. The zero-order valence-electron chi connectivity index (χ0n) is 9.44. The number of hydrogen-bond donors (Lipinski definition) is 1. The summed E-state index contributed by atoms with van der Waals surface area (Å²) >= 11 is 0. The summed E-state index contributed by atoms with van der Waals surface area (Å²) in [6, 6.07) is 11.7. The molecule has 0 amide bonds. The van der Waals surface area contributed by atoms with Gasteiger partial charge in [-0.25, -0.2) is 4.98 Å². The van der Waals surface area contributed by atoms with Crippen molar-refractivity contribution in [2.24, 2.45) is 0 Å². The highest BCUT2D eigenvalue weighted by Crippen LogP contribution is 2.12. The molecular weight excluding hydrogens is 200 g/mol. The normalized spacial score (nSPS) is 8.81. The number of rotatable bonds is 2. The van der Waals surface area contributed by atoms with Gasteiger partial charge < -0.3 is 0 Å². The third-order valence-electron chi connectivity index (χ3n) is 1.81. The van der Waals surface area contributed by atoms with E-state index in [2.05, 4.69) is 15.2 Å². The summed E-state index contributed by atoms with van der Waals surface area (Å²) in [5.41, 5.74) is 0.952. The van der Waals surface area contributed by atoms with E-state index < -0.39 is 0 Å². The molecule has 1 aromatic heterocycles. The molecule has 0 aliphatic heterocycles. The Balaban J connectivity index is 0.000000606. The summed E-state index contributed by atoms with van der Waals surface area (Å²) in [6.07, 6.45) is 0.264. The molecule has 4 heteroatoms. The summed E-state index contributed by atoms with van der Waals surface area (Å²) in [5.74, 6) is 1.24. The lowest BCUT2D eigenvalue weighted by Gasteiger charge is -1.91. The first-order valence-electron chi connectivity index (χ1n) is 5.24. The van der Waals surface area contributed by atoms with Gasteiger partial charge in [-0.3, -0.25) is 5.10 Å². The van der Waals surface area contributed by atoms with Crippen LogP contribution in [-0.4, -0.2) is 15.2 Å². The molecule has 0 bridgehead atoms. The van der Waals surface area contributed by atoms with Crippen molar-refractivity contribution in [3.05, 3.63) is 36.2 Å². The molecule has 1 N–H and O–H groups in total. The van der Waals surface area contributed by atoms with E-state index in [-0.39, 0.29) is 6.42 Å². The minimum atomic E-state index is 0.264. The van der Waals surface area contributed by atoms with Crippen molar-refractivity contribution in [3.8, 4) is 17.5 Å². The van der Waals surface area contributed by atoms with Gasteiger partial charge in [0, 0.05) is 5.56 Å². The van der Waals surface area contributed by atoms with Gasteiger partial charge in [0.25, 0.3) is 0 Å². The van der Waals surface area contributed by atoms with Crippen LogP contribution in [0, 0.1) is 11.3 Å². The van der Waals surface area contributed by atoms with Crippen molar-refractivity contribution in [2.75, 3.05) is 0 Å². The van der Waals surface area contributed by atoms with Crippen LogP contribution in [0.4, 0.5) is 0 Å². The van der Waals surface area contributed by atoms with Gasteiger partial charge in [-0.1, -0.05) is 44.2 Å². The number of nitrogens with zero attached hydrogens (tertiary/aromatic N) is 3. The predicted octanol–water partition coefficient (Wildman–Crippen LogP) is 2.56. The Kier molecular flexibility index (Phi) is 4.74. The number of hydrogen-bond acceptors (Lipinski definition) is 3. The van der Waals surface area contributed by atoms with Crippen LogP contribution in [0.2, 0.25) is 0 Å². The van der Waals surface area contributed by atoms with Gasteiger partial charge >= 0.3 is 0 Å². The van der Waals surface area contributed by atoms with Crippen LogP contribution < -0.4 is 0 Å². The molecule has 0 saturated carbocycles. The zero-order chi connectivity index (χ0) is 11.8. The van der Waals surface area contributed by atoms with Gasteiger partial charge in [0.1, 0.15) is 5.82 Å². The van der Waals surface area contributed by atoms with E-state index in [1.165, 1.54) is 0 Å². The van der Waals surface area contributed by atoms with E-state index in [1.54, 1.807) is 0 Å². The minimum absolute atomic E-state index is 0.264. The van der Waals surface area contributed by atoms with Crippen LogP contribution in [0.5, 0.6) is 0 Å². The second-order valence-electron chi connectivity index (χ2n) is 2.81. The highest BCUT2D eigenvalue weighted by atomic mass is 15.2. The fourth-order valence-corrected chi connectivity index (χ4v) is 1.17. The van der Waals surface area contributed by atoms with Crippen LogP contribution in [0.1, 0.15) is 19.7 Å². The predicted molar refractivity (Wildman–Crippen MR) is 62.5 cm³/mol. The Bertz CT molecular complexity index is 453. The summed E-state index contributed by atoms with van der Waals surface area (Å²) in [6.45, 7) is 4.00. The Morgan fingerprint density at radius 3 is 2.56 bits per heavy atom. The van der Waals surface area contributed by atoms with Gasteiger partial charge in [0.05, 0.1) is 12.5 Å². The van der Waals surface area contributed by atoms with Gasteiger partial charge in [-0.2, -0.15) is 10.4 Å². The Hall–Kier alpha value is -2.15. The monoisotopic (exact) mass is 214 g/mol. The van der Waals surface area contributed by atoms with Gasteiger partial charge in [-0.15, -0.1) is 0 Å². The van der Waals surface area contributed by atoms with Crippen molar-refractivity contribution in [2.45, 2.75) is 20.3 Å². The number of aromatic amines is 1. The molecule has 1 heterocycles. The third kappa shape index (κ3) is 2.92. The SMILES string of the molecule is CC.N#CCc1nc(-c2ccccc2)n[nH]1. The van der Waals surface area contributed by atoms with E-state index >= 15 is 0 Å². The molecule has 0 unspecified atom stereocenters. The molecular formula is C12H14N4. The standard InChI is InChI=1S/C10H8N4.C2H6/c11-7-6-9-12-10(14-13-9)8-4-2-1-3-5-8;1-2/h1-5H,6H2,(H,12,13,14);1-2H3. The average molecular weight is 214 g/mol. The average Bonchev–Trinajstić information content (AvgIpc) is 2.82. The lowest BCUT2D eigenvalue weighted by Crippen LogP contribution is -1.83. The first kappa shape index (κ1) is 11.9. The number of nitriles is 1. The molecule has 0 aliphatic rings. The van der Waals surface area contributed by atoms with Crippen LogP contribution in [0.3, 0.4) is 0 Å². The maximum Gasteiger partial charge on any atom is 0.181 e. The summed E-state index contributed by atoms with van der Waals surface area (Å²) in [4.78, 5) is 4.18. The fourth-order valence-electron chi connectivity index (χ4n) is 1.17. The van der Waals surface area contributed by atoms with E-state index in [9.17, 15) is 0 Å². The van der Waals surface area contributed by atoms with Crippen molar-refractivity contribution in [1.82, 2.24) is 15.2 Å². The van der Waals surface area contributed by atoms with Crippen molar-refractivity contribution < 1.29 is 0 Å². The molecule has 2 rings (SSSR count). The molecule has 16 heavy (non-hydrogen) atoms. The molecule has 4 nitrogen and oxygen atoms in total. The molecule has 0 aliphatic carbocycles. The Morgan fingerprint density at radius 1 is 1.25 bits per heavy atom. The molecule has 0 fully saturated rings. The maximum atomic E-state index is 8.46. The highest BCUT2D eigenvalue weighted by molar-refractivity contribution is 5.53. The van der Waals surface area contributed by atoms with Gasteiger partial charge in [0.2, 0.25) is 0 Å². The summed E-state index contributed by atoms with van der Waals surface area (Å²) in [7, 11) is 0. The number of aromatic nitrogens is 3.